The first-order chi connectivity index (χ1) is 69.5. The van der Waals surface area contributed by atoms with E-state index in [1.54, 1.807) is 109 Å². The number of fused-ring (bicyclic) bond motifs is 6. The van der Waals surface area contributed by atoms with Crippen LogP contribution in [0.3, 0.4) is 0 Å². The number of para-hydroxylation sites is 3. The van der Waals surface area contributed by atoms with Crippen LogP contribution in [-0.2, 0) is 87.9 Å². The number of phenols is 4. The summed E-state index contributed by atoms with van der Waals surface area (Å²) in [6.07, 6.45) is 6.75. The van der Waals surface area contributed by atoms with E-state index in [9.17, 15) is 20.4 Å². The Hall–Kier alpha value is -10.0. The van der Waals surface area contributed by atoms with Gasteiger partial charge in [0, 0.05) is 51.7 Å². The van der Waals surface area contributed by atoms with Crippen LogP contribution in [0, 0.1) is 33.1 Å². The summed E-state index contributed by atoms with van der Waals surface area (Å²) < 4.78 is 27.8. The molecule has 6 heterocycles. The number of halogens is 8. The fourth-order valence-corrected chi connectivity index (χ4v) is 26.4. The molecule has 0 aliphatic heterocycles. The summed E-state index contributed by atoms with van der Waals surface area (Å²) in [6, 6.07) is 102. The van der Waals surface area contributed by atoms with E-state index < -0.39 is 82.9 Å². The van der Waals surface area contributed by atoms with Crippen LogP contribution in [-0.4, -0.2) is 79.4 Å². The number of aromatic hydroxyl groups is 4. The molecule has 18 aromatic rings. The van der Waals surface area contributed by atoms with Gasteiger partial charge in [-0.25, -0.2) is 0 Å². The maximum atomic E-state index is 9.83. The fraction of sp³-hybridized carbons (Fsp3) is 0.217. The topological polar surface area (TPSA) is 251 Å². The van der Waals surface area contributed by atoms with Crippen LogP contribution in [0.25, 0.3) is 54.4 Å². The summed E-state index contributed by atoms with van der Waals surface area (Å²) in [7, 11) is 0. The molecule has 0 saturated carbocycles. The normalized spacial score (nSPS) is 10.7. The number of hydrogen-bond donors (Lipinski definition) is 6. The zero-order valence-corrected chi connectivity index (χ0v) is 103. The second-order valence-electron chi connectivity index (χ2n) is 37.5. The maximum Gasteiger partial charge on any atom is 0.141 e. The van der Waals surface area contributed by atoms with Gasteiger partial charge in [-0.3, -0.25) is 19.9 Å². The van der Waals surface area contributed by atoms with Gasteiger partial charge in [-0.15, -0.1) is 0 Å². The molecular weight excluding hydrogens is 2700 g/mol. The van der Waals surface area contributed by atoms with E-state index in [-0.39, 0.29) is 52.1 Å². The first-order valence-corrected chi connectivity index (χ1v) is 61.4. The van der Waals surface area contributed by atoms with Gasteiger partial charge in [-0.05, 0) is 95.5 Å². The van der Waals surface area contributed by atoms with Gasteiger partial charge in [0.05, 0.1) is 16.7 Å². The number of aryl methyl sites for hydroxylation is 4. The van der Waals surface area contributed by atoms with Crippen LogP contribution in [0.2, 0.25) is 40.2 Å². The van der Waals surface area contributed by atoms with E-state index in [0.29, 0.717) is 56.7 Å². The number of aliphatic hydroxyl groups is 2. The third-order valence-electron chi connectivity index (χ3n) is 19.6. The fourth-order valence-electron chi connectivity index (χ4n) is 12.3. The summed E-state index contributed by atoms with van der Waals surface area (Å²) >= 11 is 44.9. The molecule has 0 bridgehead atoms. The molecule has 0 aliphatic carbocycles. The summed E-state index contributed by atoms with van der Waals surface area (Å²) in [5, 5.41) is 65.6. The van der Waals surface area contributed by atoms with E-state index in [1.807, 2.05) is 234 Å². The molecule has 6 aromatic heterocycles. The van der Waals surface area contributed by atoms with Gasteiger partial charge in [0.15, 0.2) is 0 Å². The van der Waals surface area contributed by atoms with Crippen LogP contribution >= 0.6 is 92.8 Å². The number of aromatic nitrogens is 6. The van der Waals surface area contributed by atoms with Crippen molar-refractivity contribution in [3.63, 3.8) is 0 Å². The van der Waals surface area contributed by atoms with Gasteiger partial charge in [-0.2, -0.15) is 22.8 Å². The summed E-state index contributed by atoms with van der Waals surface area (Å²) in [5.74, 6) is 1.01. The van der Waals surface area contributed by atoms with Gasteiger partial charge in [0.25, 0.3) is 0 Å². The monoisotopic (exact) mass is 2820 g/mol. The Labute approximate surface area is 944 Å². The molecule has 0 unspecified atom stereocenters. The molecular formula is C120H128Cl8N10O6W4-2. The first kappa shape index (κ1) is 127. The number of phenolic OH excluding ortho intramolecular Hbond substituents is 4. The number of hydrogen-bond acceptors (Lipinski definition) is 14. The predicted octanol–water partition coefficient (Wildman–Crippen LogP) is 35.4. The van der Waals surface area contributed by atoms with E-state index in [0.717, 1.165) is 83.4 Å². The Kier molecular flexibility index (Phi) is 54.2. The van der Waals surface area contributed by atoms with Crippen molar-refractivity contribution in [1.82, 2.24) is 29.9 Å². The van der Waals surface area contributed by atoms with Crippen molar-refractivity contribution >= 4 is 188 Å². The van der Waals surface area contributed by atoms with E-state index in [1.165, 1.54) is 16.7 Å². The molecule has 12 aromatic carbocycles. The number of benzene rings is 12. The van der Waals surface area contributed by atoms with Crippen molar-refractivity contribution in [1.29, 1.82) is 0 Å². The molecule has 28 heteroatoms. The molecule has 6 N–H and O–H groups in total. The standard InChI is InChI=1S/C13H9NO.3C10H12.3C9H7NO.4C6H3Cl2N.2C6H8N.C5H10.2C4H10O.CH4.4W/c15-11-5-1-3-9-6-7-10-4-2-8-14-13(10)12(9)11;3*1-10(2,3)9-7-5-4-6-8-9;3*11-8-5-1-3-7-4-2-6-10-9(7)8;4*7-4-2-1-3-5(8)6(4)9;2*1-5-3-4-6(2)7-5;1-5(2,3)4;2*1-4(2,3)5;;;;;/h1-8,15H;3*1,4-8H,2-3H3;3*1-6,11H;4*1-3H;2*3-4H,1-2H3;1H,2-4H3;2*5H,1-3H3;1H4;;;;/q;;;;;;;;;;;2*-1;;;;;;;;. The minimum Gasteiger partial charge on any atom is -0.665 e. The molecule has 16 nitrogen and oxygen atoms in total. The predicted molar refractivity (Wildman–Crippen MR) is 617 cm³/mol. The summed E-state index contributed by atoms with van der Waals surface area (Å²) in [5.41, 5.74) is 13.5. The molecule has 148 heavy (non-hydrogen) atoms. The van der Waals surface area contributed by atoms with Crippen LogP contribution < -0.4 is 9.97 Å². The summed E-state index contributed by atoms with van der Waals surface area (Å²) in [6.45, 7) is 38.2. The summed E-state index contributed by atoms with van der Waals surface area (Å²) in [4.78, 5) is 24.6. The van der Waals surface area contributed by atoms with Crippen molar-refractivity contribution < 1.29 is 102 Å². The zero-order chi connectivity index (χ0) is 108. The maximum absolute atomic E-state index is 9.83. The van der Waals surface area contributed by atoms with Crippen LogP contribution in [0.1, 0.15) is 151 Å². The molecule has 0 fully saturated rings. The van der Waals surface area contributed by atoms with Gasteiger partial charge < -0.3 is 40.6 Å². The molecule has 0 aliphatic rings. The van der Waals surface area contributed by atoms with Crippen molar-refractivity contribution in [3.8, 4) is 23.0 Å². The SMILES string of the molecule is C.CC(C)(C)O.CC(C)(C)O.CC(C)(C)[CH]=[W]=[N]c1c(Cl)cccc1Cl.CC(C)([CH]=[W]=[N]c1c(Cl)cccc1Cl)c1ccccc1.CC(C)([CH]=[W]=[N]c1c(Cl)cccc1Cl)c1ccccc1.CC(C)([CH]=[W]=[N]c1c(Cl)cccc1Cl)c1ccccc1.Cc1ccc(C)[n-]1.Cc1ccc(C)[n-]1.Oc1cccc2ccc3cccnc3c12.Oc1cccc2cccnc12.Oc1cccc2cccnc12.Oc1cccc2cccnc12. The third-order valence-corrected chi connectivity index (χ3v) is 36.6. The van der Waals surface area contributed by atoms with E-state index in [2.05, 4.69) is 197 Å². The second-order valence-corrected chi connectivity index (χ2v) is 49.8. The second kappa shape index (κ2) is 63.3. The minimum atomic E-state index is -1.01. The molecule has 0 radical (unpaired) electrons. The van der Waals surface area contributed by atoms with Gasteiger partial charge in [-0.1, -0.05) is 144 Å². The Bertz CT molecular complexity index is 6880. The van der Waals surface area contributed by atoms with Crippen LogP contribution in [0.4, 0.5) is 22.7 Å². The van der Waals surface area contributed by atoms with Crippen LogP contribution in [0.15, 0.2) is 360 Å². The molecule has 0 amide bonds. The average Bonchev–Trinajstić information content (AvgIpc) is 1.07. The number of nitrogens with zero attached hydrogens (tertiary/aromatic N) is 10. The quantitative estimate of drug-likeness (QED) is 0.0700. The van der Waals surface area contributed by atoms with Gasteiger partial charge in [0.2, 0.25) is 0 Å². The van der Waals surface area contributed by atoms with E-state index in [4.69, 9.17) is 103 Å². The Morgan fingerprint density at radius 1 is 0.243 bits per heavy atom. The smallest absolute Gasteiger partial charge is 0.141 e. The van der Waals surface area contributed by atoms with Gasteiger partial charge in [0.1, 0.15) is 39.5 Å². The molecule has 0 saturated heterocycles. The number of rotatable bonds is 10. The third kappa shape index (κ3) is 46.4. The average molecular weight is 2830 g/mol. The molecule has 0 spiro atoms. The van der Waals surface area contributed by atoms with Crippen molar-refractivity contribution in [3.05, 3.63) is 426 Å². The molecule has 0 atom stereocenters. The van der Waals surface area contributed by atoms with Crippen molar-refractivity contribution in [2.45, 2.75) is 166 Å². The Morgan fingerprint density at radius 2 is 0.446 bits per heavy atom. The molecule has 18 rings (SSSR count). The van der Waals surface area contributed by atoms with E-state index >= 15 is 0 Å². The number of pyridine rings is 4. The van der Waals surface area contributed by atoms with Crippen molar-refractivity contribution in [2.24, 2.45) is 19.4 Å². The van der Waals surface area contributed by atoms with Crippen LogP contribution in [0.5, 0.6) is 23.0 Å². The van der Waals surface area contributed by atoms with Crippen molar-refractivity contribution in [2.75, 3.05) is 0 Å². The Balaban J connectivity index is 0.000000252. The first-order valence-electron chi connectivity index (χ1n) is 46.4. The minimum absolute atomic E-state index is 0. The largest absolute Gasteiger partial charge is 0.665 e. The molecule has 776 valence electrons. The van der Waals surface area contributed by atoms with Gasteiger partial charge >= 0.3 is 523 Å². The zero-order valence-electron chi connectivity index (χ0n) is 85.5. The Morgan fingerprint density at radius 3 is 0.676 bits per heavy atom.